The van der Waals surface area contributed by atoms with Gasteiger partial charge in [-0.2, -0.15) is 6.42 Å². The first-order valence-electron chi connectivity index (χ1n) is 1.21. The van der Waals surface area contributed by atoms with Gasteiger partial charge in [0.2, 0.25) is 0 Å². The maximum Gasteiger partial charge on any atom is 2.00 e. The van der Waals surface area contributed by atoms with Crippen molar-refractivity contribution < 1.29 is 12.4 Å². The minimum absolute atomic E-state index is 0. The van der Waals surface area contributed by atoms with Crippen molar-refractivity contribution in [2.24, 2.45) is 0 Å². The average molecular weight is 103 g/mol. The molecule has 0 aromatic carbocycles. The summed E-state index contributed by atoms with van der Waals surface area (Å²) < 4.78 is 0. The zero-order valence-corrected chi connectivity index (χ0v) is 5.67. The third kappa shape index (κ3) is 42.3. The first kappa shape index (κ1) is 16.6. The van der Waals surface area contributed by atoms with Crippen molar-refractivity contribution >= 4 is 23.1 Å². The number of hydrogen-bond acceptors (Lipinski definition) is 0. The van der Waals surface area contributed by atoms with E-state index in [9.17, 15) is 0 Å². The molecule has 0 aliphatic carbocycles. The van der Waals surface area contributed by atoms with Crippen LogP contribution in [0.15, 0.2) is 0 Å². The summed E-state index contributed by atoms with van der Waals surface area (Å²) in [7, 11) is 0. The largest absolute Gasteiger partial charge is 2.00 e. The third-order valence-electron chi connectivity index (χ3n) is 0. The topological polar surface area (TPSA) is 0 Å². The minimum Gasteiger partial charge on any atom is -1.00 e. The van der Waals surface area contributed by atoms with Gasteiger partial charge in [-0.25, -0.2) is 0 Å². The molecule has 0 saturated heterocycles. The first-order chi connectivity index (χ1) is 1.41. The third-order valence-corrected chi connectivity index (χ3v) is 0. The van der Waals surface area contributed by atoms with Crippen LogP contribution in [0.4, 0.5) is 0 Å². The molecule has 5 heavy (non-hydrogen) atoms. The van der Waals surface area contributed by atoms with E-state index in [0.717, 1.165) is 6.42 Å². The number of rotatable bonds is 0. The Hall–Kier alpha value is 1.06. The summed E-state index contributed by atoms with van der Waals surface area (Å²) in [5.41, 5.74) is 0. The first-order valence-corrected chi connectivity index (χ1v) is 1.21. The van der Waals surface area contributed by atoms with E-state index < -0.39 is 0 Å². The van der Waals surface area contributed by atoms with Gasteiger partial charge in [0.1, 0.15) is 0 Å². The van der Waals surface area contributed by atoms with E-state index in [1.54, 1.807) is 0 Å². The smallest absolute Gasteiger partial charge is 1.00 e. The minimum atomic E-state index is 0. The second-order valence-corrected chi connectivity index (χ2v) is 0.500. The molecule has 0 atom stereocenters. The predicted molar refractivity (Wildman–Crippen MR) is 21.4 cm³/mol. The van der Waals surface area contributed by atoms with Gasteiger partial charge in [-0.3, -0.25) is 0 Å². The van der Waals surface area contributed by atoms with E-state index in [-0.39, 0.29) is 35.5 Å². The molecular formula is C3H7ClMg. The molecule has 0 fully saturated rings. The SMILES string of the molecule is [CH2-]CC.[Cl-].[Mg+2]. The zero-order valence-electron chi connectivity index (χ0n) is 3.50. The molecule has 0 heterocycles. The fourth-order valence-corrected chi connectivity index (χ4v) is 0. The molecule has 2 heteroatoms. The molecule has 0 spiro atoms. The predicted octanol–water partition coefficient (Wildman–Crippen LogP) is -2.15. The van der Waals surface area contributed by atoms with Gasteiger partial charge in [0.25, 0.3) is 0 Å². The Bertz CT molecular complexity index is 6.85. The van der Waals surface area contributed by atoms with Crippen LogP contribution in [0.1, 0.15) is 13.3 Å². The molecule has 0 saturated carbocycles. The van der Waals surface area contributed by atoms with Crippen LogP contribution < -0.4 is 12.4 Å². The van der Waals surface area contributed by atoms with Crippen LogP contribution in [0.25, 0.3) is 0 Å². The van der Waals surface area contributed by atoms with Gasteiger partial charge in [0, 0.05) is 0 Å². The Kier molecular flexibility index (Phi) is 65.2. The van der Waals surface area contributed by atoms with Gasteiger partial charge >= 0.3 is 23.1 Å². The van der Waals surface area contributed by atoms with Crippen molar-refractivity contribution in [3.8, 4) is 0 Å². The number of halogens is 1. The Morgan fingerprint density at radius 2 is 1.60 bits per heavy atom. The Morgan fingerprint density at radius 3 is 1.60 bits per heavy atom. The van der Waals surface area contributed by atoms with E-state index in [2.05, 4.69) is 6.92 Å². The van der Waals surface area contributed by atoms with E-state index in [1.807, 2.05) is 6.92 Å². The summed E-state index contributed by atoms with van der Waals surface area (Å²) in [4.78, 5) is 0. The summed E-state index contributed by atoms with van der Waals surface area (Å²) >= 11 is 0. The molecule has 28 valence electrons. The molecule has 0 nitrogen and oxygen atoms in total. The quantitative estimate of drug-likeness (QED) is 0.242. The van der Waals surface area contributed by atoms with Crippen molar-refractivity contribution in [2.45, 2.75) is 13.3 Å². The Morgan fingerprint density at radius 1 is 1.60 bits per heavy atom. The standard InChI is InChI=1S/C3H7.ClH.Mg/c1-3-2;;/h1,3H2,2H3;1H;/q-1;;+2/p-1. The van der Waals surface area contributed by atoms with Gasteiger partial charge in [-0.05, 0) is 0 Å². The summed E-state index contributed by atoms with van der Waals surface area (Å²) in [6, 6.07) is 0. The second kappa shape index (κ2) is 19.7. The van der Waals surface area contributed by atoms with Gasteiger partial charge in [-0.15, -0.1) is 0 Å². The summed E-state index contributed by atoms with van der Waals surface area (Å²) in [5.74, 6) is 0. The molecule has 0 bridgehead atoms. The van der Waals surface area contributed by atoms with E-state index >= 15 is 0 Å². The van der Waals surface area contributed by atoms with Crippen LogP contribution in [-0.2, 0) is 0 Å². The maximum absolute atomic E-state index is 3.49. The van der Waals surface area contributed by atoms with E-state index in [0.29, 0.717) is 0 Å². The van der Waals surface area contributed by atoms with Crippen molar-refractivity contribution in [2.75, 3.05) is 0 Å². The molecule has 0 aromatic rings. The maximum atomic E-state index is 3.49. The van der Waals surface area contributed by atoms with Crippen LogP contribution in [0.5, 0.6) is 0 Å². The molecular weight excluding hydrogens is 95.8 g/mol. The normalized spacial score (nSPS) is 3.60. The molecule has 0 rings (SSSR count). The molecule has 0 aliphatic rings. The van der Waals surface area contributed by atoms with Crippen LogP contribution in [0.3, 0.4) is 0 Å². The summed E-state index contributed by atoms with van der Waals surface area (Å²) in [5, 5.41) is 0. The van der Waals surface area contributed by atoms with Crippen LogP contribution in [0, 0.1) is 6.92 Å². The second-order valence-electron chi connectivity index (χ2n) is 0.500. The molecule has 0 unspecified atom stereocenters. The van der Waals surface area contributed by atoms with Gasteiger partial charge in [-0.1, -0.05) is 6.92 Å². The summed E-state index contributed by atoms with van der Waals surface area (Å²) in [6.45, 7) is 5.50. The Balaban J connectivity index is -0.0000000200. The molecule has 0 N–H and O–H groups in total. The summed E-state index contributed by atoms with van der Waals surface area (Å²) in [6.07, 6.45) is 1.00. The van der Waals surface area contributed by atoms with Gasteiger partial charge in [0.05, 0.1) is 0 Å². The van der Waals surface area contributed by atoms with Crippen molar-refractivity contribution in [3.05, 3.63) is 6.92 Å². The molecule has 0 amide bonds. The number of hydrogen-bond donors (Lipinski definition) is 0. The van der Waals surface area contributed by atoms with Crippen LogP contribution in [0.2, 0.25) is 0 Å². The van der Waals surface area contributed by atoms with E-state index in [4.69, 9.17) is 0 Å². The van der Waals surface area contributed by atoms with Crippen LogP contribution in [-0.4, -0.2) is 23.1 Å². The Labute approximate surface area is 55.9 Å². The van der Waals surface area contributed by atoms with Gasteiger partial charge in [0.15, 0.2) is 0 Å². The van der Waals surface area contributed by atoms with Gasteiger partial charge < -0.3 is 19.3 Å². The van der Waals surface area contributed by atoms with Crippen molar-refractivity contribution in [3.63, 3.8) is 0 Å². The fraction of sp³-hybridized carbons (Fsp3) is 0.667. The zero-order chi connectivity index (χ0) is 2.71. The fourth-order valence-electron chi connectivity index (χ4n) is 0. The average Bonchev–Trinajstić information content (AvgIpc) is 0.918. The van der Waals surface area contributed by atoms with Crippen molar-refractivity contribution in [1.82, 2.24) is 0 Å². The molecule has 0 radical (unpaired) electrons. The van der Waals surface area contributed by atoms with Crippen LogP contribution >= 0.6 is 0 Å². The van der Waals surface area contributed by atoms with E-state index in [1.165, 1.54) is 0 Å². The molecule has 0 aliphatic heterocycles. The monoisotopic (exact) mass is 102 g/mol. The molecule has 0 aromatic heterocycles. The van der Waals surface area contributed by atoms with Crippen molar-refractivity contribution in [1.29, 1.82) is 0 Å².